The molecule has 0 unspecified atom stereocenters. The molecule has 0 saturated heterocycles. The van der Waals surface area contributed by atoms with Crippen LogP contribution in [-0.4, -0.2) is 20.4 Å². The van der Waals surface area contributed by atoms with Gasteiger partial charge in [0.1, 0.15) is 12.1 Å². The van der Waals surface area contributed by atoms with Crippen molar-refractivity contribution in [3.8, 4) is 0 Å². The van der Waals surface area contributed by atoms with Crippen LogP contribution in [0.2, 0.25) is 0 Å². The van der Waals surface area contributed by atoms with E-state index in [1.807, 2.05) is 30.3 Å². The van der Waals surface area contributed by atoms with Gasteiger partial charge in [-0.05, 0) is 54.1 Å². The molecule has 0 saturated carbocycles. The number of benzene rings is 3. The van der Waals surface area contributed by atoms with Crippen LogP contribution >= 0.6 is 0 Å². The molecule has 0 fully saturated rings. The molecule has 156 valence electrons. The number of amides is 1. The van der Waals surface area contributed by atoms with E-state index in [-0.39, 0.29) is 5.91 Å². The minimum atomic E-state index is -0.263. The number of hydrogen-bond acceptors (Lipinski definition) is 4. The summed E-state index contributed by atoms with van der Waals surface area (Å²) < 4.78 is 2.24. The maximum atomic E-state index is 11.7. The van der Waals surface area contributed by atoms with Crippen molar-refractivity contribution < 1.29 is 4.79 Å². The molecule has 3 aromatic carbocycles. The Labute approximate surface area is 185 Å². The molecule has 0 aliphatic heterocycles. The lowest BCUT2D eigenvalue weighted by Crippen LogP contribution is -2.07. The largest absolute Gasteiger partial charge is 0.343 e. The smallest absolute Gasteiger partial charge is 0.247 e. The van der Waals surface area contributed by atoms with Crippen LogP contribution in [0.15, 0.2) is 98.0 Å². The fourth-order valence-electron chi connectivity index (χ4n) is 3.76. The highest BCUT2D eigenvalue weighted by molar-refractivity contribution is 6.01. The molecular weight excluding hydrogens is 398 g/mol. The molecule has 0 aliphatic rings. The van der Waals surface area contributed by atoms with E-state index in [9.17, 15) is 4.79 Å². The molecule has 2 N–H and O–H groups in total. The standard InChI is InChI=1S/C26H21N5O/c1-2-25(32)29-21-8-10-23-22(15-21)26(28-17-27-23)30-20-9-11-24-19(14-20)12-13-31(24)16-18-6-4-3-5-7-18/h2-15,17H,1,16H2,(H,29,32)(H,27,28,30). The van der Waals surface area contributed by atoms with Gasteiger partial charge in [0.05, 0.1) is 5.52 Å². The Morgan fingerprint density at radius 2 is 1.81 bits per heavy atom. The topological polar surface area (TPSA) is 71.8 Å². The second kappa shape index (κ2) is 8.35. The van der Waals surface area contributed by atoms with Crippen LogP contribution in [0, 0.1) is 0 Å². The highest BCUT2D eigenvalue weighted by Crippen LogP contribution is 2.28. The van der Waals surface area contributed by atoms with Crippen LogP contribution in [0.25, 0.3) is 21.8 Å². The number of aromatic nitrogens is 3. The van der Waals surface area contributed by atoms with Gasteiger partial charge in [-0.3, -0.25) is 4.79 Å². The Morgan fingerprint density at radius 1 is 0.969 bits per heavy atom. The minimum Gasteiger partial charge on any atom is -0.343 e. The Kier molecular flexibility index (Phi) is 5.09. The number of hydrogen-bond donors (Lipinski definition) is 2. The third kappa shape index (κ3) is 3.94. The zero-order chi connectivity index (χ0) is 21.9. The first-order valence-electron chi connectivity index (χ1n) is 10.3. The maximum absolute atomic E-state index is 11.7. The lowest BCUT2D eigenvalue weighted by Gasteiger charge is -2.11. The predicted octanol–water partition coefficient (Wildman–Crippen LogP) is 5.50. The molecule has 2 heterocycles. The Bertz CT molecular complexity index is 1440. The molecule has 0 bridgehead atoms. The molecule has 2 aromatic heterocycles. The number of carbonyl (C=O) groups is 1. The summed E-state index contributed by atoms with van der Waals surface area (Å²) in [6.07, 6.45) is 4.88. The number of nitrogens with zero attached hydrogens (tertiary/aromatic N) is 3. The molecule has 0 spiro atoms. The molecule has 0 radical (unpaired) electrons. The van der Waals surface area contributed by atoms with Crippen molar-refractivity contribution in [3.63, 3.8) is 0 Å². The van der Waals surface area contributed by atoms with E-state index >= 15 is 0 Å². The molecule has 6 nitrogen and oxygen atoms in total. The number of carbonyl (C=O) groups excluding carboxylic acids is 1. The van der Waals surface area contributed by atoms with E-state index in [1.54, 1.807) is 0 Å². The highest BCUT2D eigenvalue weighted by atomic mass is 16.1. The van der Waals surface area contributed by atoms with E-state index in [0.29, 0.717) is 11.5 Å². The average molecular weight is 419 g/mol. The number of fused-ring (bicyclic) bond motifs is 2. The van der Waals surface area contributed by atoms with Gasteiger partial charge in [0.15, 0.2) is 0 Å². The zero-order valence-electron chi connectivity index (χ0n) is 17.3. The molecule has 0 atom stereocenters. The fourth-order valence-corrected chi connectivity index (χ4v) is 3.76. The van der Waals surface area contributed by atoms with Crippen LogP contribution in [-0.2, 0) is 11.3 Å². The number of nitrogens with one attached hydrogen (secondary N) is 2. The van der Waals surface area contributed by atoms with Crippen molar-refractivity contribution in [1.82, 2.24) is 14.5 Å². The van der Waals surface area contributed by atoms with Crippen LogP contribution in [0.4, 0.5) is 17.2 Å². The summed E-state index contributed by atoms with van der Waals surface area (Å²) in [5.74, 6) is 0.411. The normalized spacial score (nSPS) is 10.9. The first-order chi connectivity index (χ1) is 15.7. The lowest BCUT2D eigenvalue weighted by molar-refractivity contribution is -0.111. The van der Waals surface area contributed by atoms with Gasteiger partial charge in [-0.15, -0.1) is 0 Å². The summed E-state index contributed by atoms with van der Waals surface area (Å²) in [5.41, 5.74) is 4.80. The highest BCUT2D eigenvalue weighted by Gasteiger charge is 2.08. The summed E-state index contributed by atoms with van der Waals surface area (Å²) in [5, 5.41) is 8.14. The van der Waals surface area contributed by atoms with Crippen molar-refractivity contribution in [2.45, 2.75) is 6.54 Å². The second-order valence-electron chi connectivity index (χ2n) is 7.48. The van der Waals surface area contributed by atoms with E-state index in [1.165, 1.54) is 23.5 Å². The maximum Gasteiger partial charge on any atom is 0.247 e. The van der Waals surface area contributed by atoms with Crippen LogP contribution in [0.5, 0.6) is 0 Å². The third-order valence-corrected chi connectivity index (χ3v) is 5.32. The summed E-state index contributed by atoms with van der Waals surface area (Å²) in [6, 6.07) is 24.3. The average Bonchev–Trinajstić information content (AvgIpc) is 3.22. The molecule has 5 aromatic rings. The Hall–Kier alpha value is -4.45. The van der Waals surface area contributed by atoms with Gasteiger partial charge in [0, 0.05) is 40.4 Å². The van der Waals surface area contributed by atoms with Gasteiger partial charge in [0.25, 0.3) is 0 Å². The number of rotatable bonds is 6. The van der Waals surface area contributed by atoms with E-state index < -0.39 is 0 Å². The third-order valence-electron chi connectivity index (χ3n) is 5.32. The molecule has 32 heavy (non-hydrogen) atoms. The Morgan fingerprint density at radius 3 is 2.66 bits per heavy atom. The molecular formula is C26H21N5O. The molecule has 0 aliphatic carbocycles. The number of anilines is 3. The SMILES string of the molecule is C=CC(=O)Nc1ccc2ncnc(Nc3ccc4c(ccn4Cc4ccccc4)c3)c2c1. The van der Waals surface area contributed by atoms with Crippen LogP contribution < -0.4 is 10.6 Å². The minimum absolute atomic E-state index is 0.263. The first kappa shape index (κ1) is 19.5. The van der Waals surface area contributed by atoms with Gasteiger partial charge in [-0.2, -0.15) is 0 Å². The van der Waals surface area contributed by atoms with E-state index in [2.05, 4.69) is 80.4 Å². The first-order valence-corrected chi connectivity index (χ1v) is 10.3. The molecule has 5 rings (SSSR count). The fraction of sp³-hybridized carbons (Fsp3) is 0.0385. The monoisotopic (exact) mass is 419 g/mol. The molecule has 1 amide bonds. The van der Waals surface area contributed by atoms with E-state index in [4.69, 9.17) is 0 Å². The Balaban J connectivity index is 1.44. The van der Waals surface area contributed by atoms with Gasteiger partial charge in [-0.1, -0.05) is 36.9 Å². The van der Waals surface area contributed by atoms with Gasteiger partial charge < -0.3 is 15.2 Å². The van der Waals surface area contributed by atoms with Crippen molar-refractivity contribution >= 4 is 44.9 Å². The lowest BCUT2D eigenvalue weighted by atomic mass is 10.2. The summed E-state index contributed by atoms with van der Waals surface area (Å²) >= 11 is 0. The van der Waals surface area contributed by atoms with E-state index in [0.717, 1.165) is 28.5 Å². The van der Waals surface area contributed by atoms with Crippen LogP contribution in [0.3, 0.4) is 0 Å². The summed E-state index contributed by atoms with van der Waals surface area (Å²) in [4.78, 5) is 20.4. The van der Waals surface area contributed by atoms with Crippen molar-refractivity contribution in [3.05, 3.63) is 104 Å². The quantitative estimate of drug-likeness (QED) is 0.357. The predicted molar refractivity (Wildman–Crippen MR) is 129 cm³/mol. The van der Waals surface area contributed by atoms with Gasteiger partial charge in [0.2, 0.25) is 5.91 Å². The van der Waals surface area contributed by atoms with Crippen molar-refractivity contribution in [2.24, 2.45) is 0 Å². The summed E-state index contributed by atoms with van der Waals surface area (Å²) in [7, 11) is 0. The van der Waals surface area contributed by atoms with Gasteiger partial charge in [-0.25, -0.2) is 9.97 Å². The van der Waals surface area contributed by atoms with Crippen molar-refractivity contribution in [1.29, 1.82) is 0 Å². The van der Waals surface area contributed by atoms with Gasteiger partial charge >= 0.3 is 0 Å². The second-order valence-corrected chi connectivity index (χ2v) is 7.48. The van der Waals surface area contributed by atoms with Crippen LogP contribution in [0.1, 0.15) is 5.56 Å². The van der Waals surface area contributed by atoms with Crippen molar-refractivity contribution in [2.75, 3.05) is 10.6 Å². The zero-order valence-corrected chi connectivity index (χ0v) is 17.3. The summed E-state index contributed by atoms with van der Waals surface area (Å²) in [6.45, 7) is 4.32. The molecule has 6 heteroatoms.